The predicted octanol–water partition coefficient (Wildman–Crippen LogP) is 3.40. The molecule has 4 aliphatic rings. The Labute approximate surface area is 230 Å². The molecule has 0 bridgehead atoms. The average Bonchev–Trinajstić information content (AvgIpc) is 3.07. The minimum atomic E-state index is -1.49. The molecule has 216 valence electrons. The second-order valence-electron chi connectivity index (χ2n) is 13.9. The average molecular weight is 545 g/mol. The maximum absolute atomic E-state index is 14.2. The van der Waals surface area contributed by atoms with Crippen LogP contribution >= 0.6 is 0 Å². The molecule has 0 saturated heterocycles. The second kappa shape index (κ2) is 9.44. The number of hydrogen-bond donors (Lipinski definition) is 2. The van der Waals surface area contributed by atoms with Crippen molar-refractivity contribution in [1.82, 2.24) is 0 Å². The van der Waals surface area contributed by atoms with E-state index < -0.39 is 57.5 Å². The molecule has 0 aromatic carbocycles. The topological polar surface area (TPSA) is 135 Å². The highest BCUT2D eigenvalue weighted by Gasteiger charge is 2.73. The standard InChI is InChI=1S/C31H44O8/c1-15(11-17(32)12-16(2)27(38)39-8)18-13-22(35)31(7)23-19(33)14-20-28(3,4)21(34)9-10-29(20,5)24(23)25(36)26(37)30(18,31)6/h15-16,18-20,26,33,37H,9-14H2,1-8H3/t15-,16?,18-,19+,20+,26-,29+,30+,31+/m1/s1. The van der Waals surface area contributed by atoms with E-state index in [1.54, 1.807) is 20.8 Å². The van der Waals surface area contributed by atoms with Crippen molar-refractivity contribution in [2.24, 2.45) is 45.3 Å². The van der Waals surface area contributed by atoms with Crippen LogP contribution in [0.1, 0.15) is 87.0 Å². The third-order valence-corrected chi connectivity index (χ3v) is 11.6. The molecule has 0 aromatic rings. The number of aliphatic hydroxyl groups is 2. The first-order chi connectivity index (χ1) is 17.9. The molecular weight excluding hydrogens is 500 g/mol. The summed E-state index contributed by atoms with van der Waals surface area (Å²) >= 11 is 0. The number of rotatable bonds is 6. The van der Waals surface area contributed by atoms with Crippen LogP contribution in [-0.4, -0.2) is 58.6 Å². The molecule has 0 heterocycles. The van der Waals surface area contributed by atoms with Crippen LogP contribution in [0.25, 0.3) is 0 Å². The summed E-state index contributed by atoms with van der Waals surface area (Å²) in [7, 11) is 1.27. The van der Waals surface area contributed by atoms with Gasteiger partial charge < -0.3 is 14.9 Å². The van der Waals surface area contributed by atoms with Gasteiger partial charge in [-0.25, -0.2) is 0 Å². The summed E-state index contributed by atoms with van der Waals surface area (Å²) in [6.45, 7) is 12.7. The number of ether oxygens (including phenoxy) is 1. The number of Topliss-reactive ketones (excluding diaryl/α,β-unsaturated/α-hetero) is 4. The molecule has 0 spiro atoms. The summed E-state index contributed by atoms with van der Waals surface area (Å²) in [5.41, 5.74) is -3.28. The van der Waals surface area contributed by atoms with Crippen molar-refractivity contribution in [3.05, 3.63) is 11.1 Å². The van der Waals surface area contributed by atoms with Gasteiger partial charge in [0.15, 0.2) is 5.78 Å². The molecule has 8 nitrogen and oxygen atoms in total. The second-order valence-corrected chi connectivity index (χ2v) is 13.9. The van der Waals surface area contributed by atoms with Crippen LogP contribution in [0.4, 0.5) is 0 Å². The zero-order valence-electron chi connectivity index (χ0n) is 24.6. The van der Waals surface area contributed by atoms with Crippen LogP contribution in [0, 0.1) is 45.3 Å². The zero-order chi connectivity index (χ0) is 29.5. The number of hydrogen-bond acceptors (Lipinski definition) is 8. The number of ketones is 4. The summed E-state index contributed by atoms with van der Waals surface area (Å²) in [5.74, 6) is -2.87. The quantitative estimate of drug-likeness (QED) is 0.486. The van der Waals surface area contributed by atoms with E-state index in [0.29, 0.717) is 24.0 Å². The van der Waals surface area contributed by atoms with Gasteiger partial charge in [-0.1, -0.05) is 41.5 Å². The molecule has 9 atom stereocenters. The molecule has 0 radical (unpaired) electrons. The number of methoxy groups -OCH3 is 1. The van der Waals surface area contributed by atoms with E-state index in [2.05, 4.69) is 0 Å². The van der Waals surface area contributed by atoms with Gasteiger partial charge in [0.25, 0.3) is 0 Å². The van der Waals surface area contributed by atoms with Gasteiger partial charge in [0.05, 0.1) is 24.5 Å². The third-order valence-electron chi connectivity index (χ3n) is 11.6. The van der Waals surface area contributed by atoms with Crippen LogP contribution < -0.4 is 0 Å². The first-order valence-corrected chi connectivity index (χ1v) is 14.2. The Bertz CT molecular complexity index is 1170. The Morgan fingerprint density at radius 2 is 1.62 bits per heavy atom. The van der Waals surface area contributed by atoms with Crippen LogP contribution in [0.2, 0.25) is 0 Å². The van der Waals surface area contributed by atoms with Gasteiger partial charge in [-0.2, -0.15) is 0 Å². The Balaban J connectivity index is 1.77. The number of carbonyl (C=O) groups excluding carboxylic acids is 5. The fourth-order valence-corrected chi connectivity index (χ4v) is 9.14. The molecule has 2 saturated carbocycles. The SMILES string of the molecule is COC(=O)C(C)CC(=O)C[C@@H](C)[C@H]1CC(=O)[C@@]2(C)C3=C(C(=O)[C@@H](O)[C@]12C)[C@@]1(C)CCC(=O)C(C)(C)[C@@H]1C[C@@H]3O. The van der Waals surface area contributed by atoms with Gasteiger partial charge in [-0.3, -0.25) is 24.0 Å². The van der Waals surface area contributed by atoms with E-state index in [1.165, 1.54) is 7.11 Å². The number of esters is 1. The highest BCUT2D eigenvalue weighted by molar-refractivity contribution is 6.08. The Hall–Kier alpha value is -2.19. The molecule has 0 amide bonds. The first-order valence-electron chi connectivity index (χ1n) is 14.2. The smallest absolute Gasteiger partial charge is 0.308 e. The van der Waals surface area contributed by atoms with Crippen LogP contribution in [-0.2, 0) is 28.7 Å². The highest BCUT2D eigenvalue weighted by atomic mass is 16.5. The molecule has 39 heavy (non-hydrogen) atoms. The van der Waals surface area contributed by atoms with E-state index in [1.807, 2.05) is 27.7 Å². The normalized spacial score (nSPS) is 40.9. The Kier molecular flexibility index (Phi) is 7.21. The molecule has 2 fully saturated rings. The van der Waals surface area contributed by atoms with E-state index in [0.717, 1.165) is 0 Å². The lowest BCUT2D eigenvalue weighted by Gasteiger charge is -2.61. The zero-order valence-corrected chi connectivity index (χ0v) is 24.6. The van der Waals surface area contributed by atoms with Gasteiger partial charge >= 0.3 is 5.97 Å². The summed E-state index contributed by atoms with van der Waals surface area (Å²) < 4.78 is 4.73. The predicted molar refractivity (Wildman–Crippen MR) is 142 cm³/mol. The highest BCUT2D eigenvalue weighted by Crippen LogP contribution is 2.70. The lowest BCUT2D eigenvalue weighted by Crippen LogP contribution is -2.64. The Morgan fingerprint density at radius 3 is 2.21 bits per heavy atom. The largest absolute Gasteiger partial charge is 0.469 e. The fourth-order valence-electron chi connectivity index (χ4n) is 9.14. The summed E-state index contributed by atoms with van der Waals surface area (Å²) in [4.78, 5) is 65.7. The molecular formula is C31H44O8. The molecule has 0 aromatic heterocycles. The van der Waals surface area contributed by atoms with Crippen molar-refractivity contribution >= 4 is 29.1 Å². The van der Waals surface area contributed by atoms with E-state index in [4.69, 9.17) is 4.74 Å². The molecule has 8 heteroatoms. The molecule has 2 N–H and O–H groups in total. The van der Waals surface area contributed by atoms with Crippen molar-refractivity contribution < 1.29 is 38.9 Å². The van der Waals surface area contributed by atoms with Crippen molar-refractivity contribution in [2.45, 2.75) is 99.2 Å². The molecule has 1 unspecified atom stereocenters. The molecule has 4 rings (SSSR count). The van der Waals surface area contributed by atoms with Crippen molar-refractivity contribution in [2.75, 3.05) is 7.11 Å². The monoisotopic (exact) mass is 544 g/mol. The van der Waals surface area contributed by atoms with Crippen molar-refractivity contribution in [3.8, 4) is 0 Å². The molecule has 0 aliphatic heterocycles. The summed E-state index contributed by atoms with van der Waals surface area (Å²) in [6, 6.07) is 0. The third kappa shape index (κ3) is 3.87. The number of aliphatic hydroxyl groups excluding tert-OH is 2. The minimum Gasteiger partial charge on any atom is -0.469 e. The number of carbonyl (C=O) groups is 5. The Morgan fingerprint density at radius 1 is 1.00 bits per heavy atom. The van der Waals surface area contributed by atoms with Gasteiger partial charge in [-0.05, 0) is 43.1 Å². The lowest BCUT2D eigenvalue weighted by atomic mass is 9.42. The maximum Gasteiger partial charge on any atom is 0.308 e. The van der Waals surface area contributed by atoms with E-state index in [-0.39, 0.29) is 54.9 Å². The first kappa shape index (κ1) is 29.8. The van der Waals surface area contributed by atoms with E-state index >= 15 is 0 Å². The maximum atomic E-state index is 14.2. The van der Waals surface area contributed by atoms with Gasteiger partial charge in [0, 0.05) is 47.5 Å². The van der Waals surface area contributed by atoms with Crippen molar-refractivity contribution in [1.29, 1.82) is 0 Å². The fraction of sp³-hybridized carbons (Fsp3) is 0.774. The summed E-state index contributed by atoms with van der Waals surface area (Å²) in [5, 5.41) is 23.4. The van der Waals surface area contributed by atoms with Gasteiger partial charge in [-0.15, -0.1) is 0 Å². The van der Waals surface area contributed by atoms with Crippen LogP contribution in [0.15, 0.2) is 11.1 Å². The van der Waals surface area contributed by atoms with Gasteiger partial charge in [0.1, 0.15) is 23.5 Å². The number of fused-ring (bicyclic) bond motifs is 4. The van der Waals surface area contributed by atoms with Gasteiger partial charge in [0.2, 0.25) is 0 Å². The van der Waals surface area contributed by atoms with Crippen LogP contribution in [0.5, 0.6) is 0 Å². The van der Waals surface area contributed by atoms with Crippen LogP contribution in [0.3, 0.4) is 0 Å². The van der Waals surface area contributed by atoms with E-state index in [9.17, 15) is 34.2 Å². The lowest BCUT2D eigenvalue weighted by molar-refractivity contribution is -0.158. The van der Waals surface area contributed by atoms with Crippen molar-refractivity contribution in [3.63, 3.8) is 0 Å². The minimum absolute atomic E-state index is 0.00934. The summed E-state index contributed by atoms with van der Waals surface area (Å²) in [6.07, 6.45) is -1.42. The molecule has 4 aliphatic carbocycles.